The molecule has 0 saturated heterocycles. The van der Waals surface area contributed by atoms with Crippen molar-refractivity contribution in [2.24, 2.45) is 0 Å². The van der Waals surface area contributed by atoms with Gasteiger partial charge in [0.1, 0.15) is 4.90 Å². The molecule has 0 heterocycles. The number of benzene rings is 1. The van der Waals surface area contributed by atoms with Crippen molar-refractivity contribution in [3.05, 3.63) is 21.1 Å². The largest absolute Gasteiger partial charge is 0.399 e. The summed E-state index contributed by atoms with van der Waals surface area (Å²) in [6.45, 7) is 1.77. The van der Waals surface area contributed by atoms with Gasteiger partial charge in [0.05, 0.1) is 6.10 Å². The van der Waals surface area contributed by atoms with Crippen LogP contribution in [0, 0.1) is 0 Å². The minimum atomic E-state index is -3.64. The number of hydrogen-bond acceptors (Lipinski definition) is 4. The van der Waals surface area contributed by atoms with Gasteiger partial charge in [-0.25, -0.2) is 13.1 Å². The summed E-state index contributed by atoms with van der Waals surface area (Å²) in [5.41, 5.74) is 6.06. The first-order valence-electron chi connectivity index (χ1n) is 5.16. The fourth-order valence-electron chi connectivity index (χ4n) is 1.31. The van der Waals surface area contributed by atoms with Crippen LogP contribution in [0.5, 0.6) is 0 Å². The molecular formula is C10H14Br2N2O3S. The lowest BCUT2D eigenvalue weighted by atomic mass is 10.3. The molecule has 0 fully saturated rings. The Kier molecular flexibility index (Phi) is 5.60. The Morgan fingerprint density at radius 1 is 1.39 bits per heavy atom. The molecule has 0 aliphatic carbocycles. The van der Waals surface area contributed by atoms with Crippen LogP contribution in [0.4, 0.5) is 5.69 Å². The van der Waals surface area contributed by atoms with E-state index in [4.69, 9.17) is 10.8 Å². The number of nitrogen functional groups attached to an aromatic ring is 1. The van der Waals surface area contributed by atoms with E-state index in [-0.39, 0.29) is 11.4 Å². The van der Waals surface area contributed by atoms with E-state index in [1.54, 1.807) is 6.92 Å². The van der Waals surface area contributed by atoms with Crippen LogP contribution in [-0.4, -0.2) is 26.2 Å². The van der Waals surface area contributed by atoms with Gasteiger partial charge in [-0.3, -0.25) is 0 Å². The molecule has 1 atom stereocenters. The Hall–Kier alpha value is -0.150. The number of nitrogens with one attached hydrogen (secondary N) is 1. The van der Waals surface area contributed by atoms with Gasteiger partial charge in [0.25, 0.3) is 0 Å². The van der Waals surface area contributed by atoms with Gasteiger partial charge in [-0.1, -0.05) is 0 Å². The molecule has 4 N–H and O–H groups in total. The molecule has 1 rings (SSSR count). The molecular weight excluding hydrogens is 388 g/mol. The molecule has 102 valence electrons. The quantitative estimate of drug-likeness (QED) is 0.656. The van der Waals surface area contributed by atoms with Gasteiger partial charge in [0, 0.05) is 21.2 Å². The Bertz CT molecular complexity index is 509. The number of rotatable bonds is 5. The maximum Gasteiger partial charge on any atom is 0.242 e. The first-order chi connectivity index (χ1) is 8.24. The summed E-state index contributed by atoms with van der Waals surface area (Å²) < 4.78 is 27.3. The van der Waals surface area contributed by atoms with E-state index in [9.17, 15) is 8.42 Å². The highest BCUT2D eigenvalue weighted by Crippen LogP contribution is 2.32. The molecule has 0 aromatic heterocycles. The van der Waals surface area contributed by atoms with E-state index < -0.39 is 16.1 Å². The lowest BCUT2D eigenvalue weighted by molar-refractivity contribution is 0.186. The zero-order chi connectivity index (χ0) is 13.9. The summed E-state index contributed by atoms with van der Waals surface area (Å²) in [6.07, 6.45) is -0.199. The van der Waals surface area contributed by atoms with Crippen molar-refractivity contribution in [3.8, 4) is 0 Å². The molecule has 0 bridgehead atoms. The van der Waals surface area contributed by atoms with Crippen molar-refractivity contribution in [1.82, 2.24) is 4.72 Å². The summed E-state index contributed by atoms with van der Waals surface area (Å²) in [5, 5.41) is 9.10. The number of hydrogen-bond donors (Lipinski definition) is 3. The average Bonchev–Trinajstić information content (AvgIpc) is 2.13. The third-order valence-corrected chi connectivity index (χ3v) is 5.48. The molecule has 1 aromatic carbocycles. The molecule has 1 aromatic rings. The summed E-state index contributed by atoms with van der Waals surface area (Å²) >= 11 is 6.35. The molecule has 0 radical (unpaired) electrons. The molecule has 18 heavy (non-hydrogen) atoms. The maximum absolute atomic E-state index is 12.1. The SMILES string of the molecule is CC(O)CCNS(=O)(=O)c1c(Br)cc(N)cc1Br. The summed E-state index contributed by atoms with van der Waals surface area (Å²) in [6, 6.07) is 3.04. The molecule has 0 amide bonds. The van der Waals surface area contributed by atoms with Gasteiger partial charge in [-0.2, -0.15) is 0 Å². The standard InChI is InChI=1S/C10H14Br2N2O3S/c1-6(15)2-3-14-18(16,17)10-8(11)4-7(13)5-9(10)12/h4-6,14-15H,2-3,13H2,1H3. The van der Waals surface area contributed by atoms with Crippen LogP contribution in [0.15, 0.2) is 26.0 Å². The van der Waals surface area contributed by atoms with Gasteiger partial charge in [-0.05, 0) is 57.3 Å². The number of aliphatic hydroxyl groups excluding tert-OH is 1. The monoisotopic (exact) mass is 400 g/mol. The predicted octanol–water partition coefficient (Wildman–Crippen LogP) is 1.84. The van der Waals surface area contributed by atoms with Crippen LogP contribution in [0.1, 0.15) is 13.3 Å². The van der Waals surface area contributed by atoms with Gasteiger partial charge in [0.15, 0.2) is 0 Å². The van der Waals surface area contributed by atoms with Crippen molar-refractivity contribution in [1.29, 1.82) is 0 Å². The third kappa shape index (κ3) is 4.20. The van der Waals surface area contributed by atoms with Crippen molar-refractivity contribution < 1.29 is 13.5 Å². The van der Waals surface area contributed by atoms with Crippen LogP contribution in [0.25, 0.3) is 0 Å². The third-order valence-electron chi connectivity index (χ3n) is 2.14. The number of halogens is 2. The highest BCUT2D eigenvalue weighted by atomic mass is 79.9. The molecule has 0 spiro atoms. The Morgan fingerprint density at radius 2 is 1.89 bits per heavy atom. The first kappa shape index (κ1) is 15.9. The topological polar surface area (TPSA) is 92.4 Å². The van der Waals surface area contributed by atoms with Crippen molar-refractivity contribution in [3.63, 3.8) is 0 Å². The summed E-state index contributed by atoms with van der Waals surface area (Å²) in [7, 11) is -3.64. The van der Waals surface area contributed by atoms with Gasteiger partial charge in [-0.15, -0.1) is 0 Å². The van der Waals surface area contributed by atoms with Crippen molar-refractivity contribution >= 4 is 47.6 Å². The van der Waals surface area contributed by atoms with E-state index in [1.807, 2.05) is 0 Å². The Morgan fingerprint density at radius 3 is 2.33 bits per heavy atom. The first-order valence-corrected chi connectivity index (χ1v) is 8.23. The second-order valence-electron chi connectivity index (χ2n) is 3.85. The highest BCUT2D eigenvalue weighted by Gasteiger charge is 2.21. The van der Waals surface area contributed by atoms with Gasteiger partial charge >= 0.3 is 0 Å². The Balaban J connectivity index is 2.99. The van der Waals surface area contributed by atoms with Crippen LogP contribution in [0.3, 0.4) is 0 Å². The Labute approximate surface area is 123 Å². The molecule has 8 heteroatoms. The number of nitrogens with two attached hydrogens (primary N) is 1. The normalized spacial score (nSPS) is 13.6. The highest BCUT2D eigenvalue weighted by molar-refractivity contribution is 9.11. The summed E-state index contributed by atoms with van der Waals surface area (Å²) in [4.78, 5) is 0.0993. The lowest BCUT2D eigenvalue weighted by Gasteiger charge is -2.11. The summed E-state index contributed by atoms with van der Waals surface area (Å²) in [5.74, 6) is 0. The fraction of sp³-hybridized carbons (Fsp3) is 0.400. The smallest absolute Gasteiger partial charge is 0.242 e. The number of aliphatic hydroxyl groups is 1. The lowest BCUT2D eigenvalue weighted by Crippen LogP contribution is -2.27. The average molecular weight is 402 g/mol. The van der Waals surface area contributed by atoms with Crippen molar-refractivity contribution in [2.75, 3.05) is 12.3 Å². The van der Waals surface area contributed by atoms with Crippen LogP contribution in [0.2, 0.25) is 0 Å². The number of anilines is 1. The zero-order valence-corrected chi connectivity index (χ0v) is 13.6. The van der Waals surface area contributed by atoms with Gasteiger partial charge in [0.2, 0.25) is 10.0 Å². The minimum absolute atomic E-state index is 0.0993. The zero-order valence-electron chi connectivity index (χ0n) is 9.65. The fourth-order valence-corrected chi connectivity index (χ4v) is 4.97. The minimum Gasteiger partial charge on any atom is -0.399 e. The van der Waals surface area contributed by atoms with Crippen LogP contribution in [-0.2, 0) is 10.0 Å². The van der Waals surface area contributed by atoms with Crippen LogP contribution < -0.4 is 10.5 Å². The van der Waals surface area contributed by atoms with E-state index in [1.165, 1.54) is 12.1 Å². The van der Waals surface area contributed by atoms with Gasteiger partial charge < -0.3 is 10.8 Å². The van der Waals surface area contributed by atoms with E-state index in [2.05, 4.69) is 36.6 Å². The molecule has 0 saturated carbocycles. The molecule has 0 aliphatic rings. The van der Waals surface area contributed by atoms with E-state index in [0.717, 1.165) is 0 Å². The second kappa shape index (κ2) is 6.33. The molecule has 0 aliphatic heterocycles. The van der Waals surface area contributed by atoms with E-state index >= 15 is 0 Å². The van der Waals surface area contributed by atoms with Crippen LogP contribution >= 0.6 is 31.9 Å². The second-order valence-corrected chi connectivity index (χ2v) is 7.26. The molecule has 1 unspecified atom stereocenters. The maximum atomic E-state index is 12.1. The predicted molar refractivity (Wildman–Crippen MR) is 77.7 cm³/mol. The van der Waals surface area contributed by atoms with Crippen molar-refractivity contribution in [2.45, 2.75) is 24.3 Å². The number of sulfonamides is 1. The van der Waals surface area contributed by atoms with E-state index in [0.29, 0.717) is 21.1 Å². The molecule has 5 nitrogen and oxygen atoms in total.